The molecule has 0 spiro atoms. The van der Waals surface area contributed by atoms with Crippen molar-refractivity contribution in [3.05, 3.63) is 83.3 Å². The van der Waals surface area contributed by atoms with Crippen LogP contribution in [0.4, 0.5) is 0 Å². The summed E-state index contributed by atoms with van der Waals surface area (Å²) in [6.07, 6.45) is 1.54. The average molecular weight is 389 g/mol. The van der Waals surface area contributed by atoms with E-state index in [1.807, 2.05) is 42.5 Å². The number of fused-ring (bicyclic) bond motifs is 1. The van der Waals surface area contributed by atoms with E-state index in [4.69, 9.17) is 9.15 Å². The molecule has 0 unspecified atom stereocenters. The standard InChI is InChI=1S/C22H19N3O4/c26-21(15-29-18-8-7-16-4-1-2-5-17(16)14-18)23-11-12-25-22(27)10-9-19(24-25)20-6-3-13-28-20/h1-10,13-14H,11-12,15H2,(H,23,26). The smallest absolute Gasteiger partial charge is 0.266 e. The van der Waals surface area contributed by atoms with Crippen molar-refractivity contribution < 1.29 is 13.9 Å². The number of rotatable bonds is 7. The topological polar surface area (TPSA) is 86.4 Å². The van der Waals surface area contributed by atoms with Gasteiger partial charge in [-0.2, -0.15) is 5.10 Å². The molecule has 1 amide bonds. The molecule has 0 saturated heterocycles. The summed E-state index contributed by atoms with van der Waals surface area (Å²) in [5.41, 5.74) is 0.308. The van der Waals surface area contributed by atoms with Crippen LogP contribution in [0.3, 0.4) is 0 Å². The molecule has 0 aliphatic carbocycles. The van der Waals surface area contributed by atoms with Gasteiger partial charge in [0, 0.05) is 12.6 Å². The van der Waals surface area contributed by atoms with Crippen LogP contribution in [-0.4, -0.2) is 28.8 Å². The van der Waals surface area contributed by atoms with Crippen LogP contribution in [-0.2, 0) is 11.3 Å². The second-order valence-corrected chi connectivity index (χ2v) is 6.40. The molecule has 4 aromatic rings. The Bertz CT molecular complexity index is 1180. The molecule has 2 aromatic heterocycles. The van der Waals surface area contributed by atoms with Crippen molar-refractivity contribution >= 4 is 16.7 Å². The first-order valence-corrected chi connectivity index (χ1v) is 9.19. The Balaban J connectivity index is 1.29. The van der Waals surface area contributed by atoms with Gasteiger partial charge in [-0.1, -0.05) is 30.3 Å². The lowest BCUT2D eigenvalue weighted by atomic mass is 10.1. The van der Waals surface area contributed by atoms with Crippen molar-refractivity contribution in [2.75, 3.05) is 13.2 Å². The van der Waals surface area contributed by atoms with E-state index < -0.39 is 0 Å². The Morgan fingerprint density at radius 2 is 1.90 bits per heavy atom. The van der Waals surface area contributed by atoms with Gasteiger partial charge in [0.15, 0.2) is 12.4 Å². The molecule has 0 aliphatic heterocycles. The molecular formula is C22H19N3O4. The number of furan rings is 1. The fraction of sp³-hybridized carbons (Fsp3) is 0.136. The van der Waals surface area contributed by atoms with Crippen molar-refractivity contribution in [1.29, 1.82) is 0 Å². The average Bonchev–Trinajstić information content (AvgIpc) is 3.28. The highest BCUT2D eigenvalue weighted by Crippen LogP contribution is 2.20. The second-order valence-electron chi connectivity index (χ2n) is 6.40. The van der Waals surface area contributed by atoms with Gasteiger partial charge in [-0.15, -0.1) is 0 Å². The lowest BCUT2D eigenvalue weighted by Gasteiger charge is -2.09. The number of benzene rings is 2. The number of carbonyl (C=O) groups is 1. The van der Waals surface area contributed by atoms with E-state index in [2.05, 4.69) is 10.4 Å². The summed E-state index contributed by atoms with van der Waals surface area (Å²) in [4.78, 5) is 24.0. The van der Waals surface area contributed by atoms with Crippen LogP contribution in [0.1, 0.15) is 0 Å². The second kappa shape index (κ2) is 8.43. The number of hydrogen-bond acceptors (Lipinski definition) is 5. The number of hydrogen-bond donors (Lipinski definition) is 1. The van der Waals surface area contributed by atoms with E-state index in [9.17, 15) is 9.59 Å². The van der Waals surface area contributed by atoms with Gasteiger partial charge in [0.2, 0.25) is 0 Å². The van der Waals surface area contributed by atoms with Crippen molar-refractivity contribution in [1.82, 2.24) is 15.1 Å². The predicted octanol–water partition coefficient (Wildman–Crippen LogP) is 2.85. The Labute approximate surface area is 166 Å². The minimum atomic E-state index is -0.270. The maximum atomic E-state index is 12.0. The monoisotopic (exact) mass is 389 g/mol. The molecule has 2 heterocycles. The van der Waals surface area contributed by atoms with Crippen LogP contribution in [0.25, 0.3) is 22.2 Å². The van der Waals surface area contributed by atoms with Crippen molar-refractivity contribution in [2.45, 2.75) is 6.54 Å². The van der Waals surface area contributed by atoms with E-state index in [0.29, 0.717) is 17.2 Å². The SMILES string of the molecule is O=C(COc1ccc2ccccc2c1)NCCn1nc(-c2ccco2)ccc1=O. The fourth-order valence-electron chi connectivity index (χ4n) is 2.92. The molecule has 4 rings (SSSR count). The first-order valence-electron chi connectivity index (χ1n) is 9.19. The highest BCUT2D eigenvalue weighted by Gasteiger charge is 2.07. The number of amides is 1. The van der Waals surface area contributed by atoms with E-state index in [0.717, 1.165) is 10.8 Å². The molecule has 0 radical (unpaired) electrons. The van der Waals surface area contributed by atoms with Crippen LogP contribution >= 0.6 is 0 Å². The number of ether oxygens (including phenoxy) is 1. The Morgan fingerprint density at radius 3 is 2.72 bits per heavy atom. The summed E-state index contributed by atoms with van der Waals surface area (Å²) in [5, 5.41) is 9.15. The zero-order valence-electron chi connectivity index (χ0n) is 15.6. The lowest BCUT2D eigenvalue weighted by molar-refractivity contribution is -0.123. The van der Waals surface area contributed by atoms with E-state index in [-0.39, 0.29) is 31.2 Å². The zero-order valence-corrected chi connectivity index (χ0v) is 15.6. The Hall–Kier alpha value is -3.87. The summed E-state index contributed by atoms with van der Waals surface area (Å²) in [6.45, 7) is 0.399. The molecule has 0 atom stereocenters. The summed E-state index contributed by atoms with van der Waals surface area (Å²) >= 11 is 0. The van der Waals surface area contributed by atoms with Gasteiger partial charge in [0.1, 0.15) is 11.4 Å². The first-order chi connectivity index (χ1) is 14.2. The third-order valence-corrected chi connectivity index (χ3v) is 4.38. The first kappa shape index (κ1) is 18.5. The number of carbonyl (C=O) groups excluding carboxylic acids is 1. The maximum absolute atomic E-state index is 12.0. The van der Waals surface area contributed by atoms with E-state index in [1.54, 1.807) is 24.5 Å². The number of nitrogens with one attached hydrogen (secondary N) is 1. The van der Waals surface area contributed by atoms with Crippen molar-refractivity contribution in [3.63, 3.8) is 0 Å². The quantitative estimate of drug-likeness (QED) is 0.525. The molecule has 0 fully saturated rings. The summed E-state index contributed by atoms with van der Waals surface area (Å²) < 4.78 is 12.1. The molecule has 2 aromatic carbocycles. The van der Waals surface area contributed by atoms with E-state index >= 15 is 0 Å². The molecule has 0 saturated carbocycles. The molecular weight excluding hydrogens is 370 g/mol. The van der Waals surface area contributed by atoms with Gasteiger partial charge >= 0.3 is 0 Å². The van der Waals surface area contributed by atoms with Gasteiger partial charge in [0.05, 0.1) is 12.8 Å². The Morgan fingerprint density at radius 1 is 1.03 bits per heavy atom. The maximum Gasteiger partial charge on any atom is 0.266 e. The third-order valence-electron chi connectivity index (χ3n) is 4.38. The minimum Gasteiger partial charge on any atom is -0.484 e. The highest BCUT2D eigenvalue weighted by molar-refractivity contribution is 5.84. The summed E-state index contributed by atoms with van der Waals surface area (Å²) in [5.74, 6) is 0.933. The van der Waals surface area contributed by atoms with Crippen LogP contribution in [0.5, 0.6) is 5.75 Å². The van der Waals surface area contributed by atoms with Crippen LogP contribution in [0.15, 0.2) is 82.2 Å². The summed E-state index contributed by atoms with van der Waals surface area (Å²) in [6, 6.07) is 20.2. The molecule has 7 nitrogen and oxygen atoms in total. The molecule has 7 heteroatoms. The van der Waals surface area contributed by atoms with Crippen molar-refractivity contribution in [3.8, 4) is 17.2 Å². The fourth-order valence-corrected chi connectivity index (χ4v) is 2.92. The number of nitrogens with zero attached hydrogens (tertiary/aromatic N) is 2. The van der Waals surface area contributed by atoms with Crippen LogP contribution in [0.2, 0.25) is 0 Å². The molecule has 1 N–H and O–H groups in total. The van der Waals surface area contributed by atoms with Crippen LogP contribution in [0, 0.1) is 0 Å². The van der Waals surface area contributed by atoms with Crippen LogP contribution < -0.4 is 15.6 Å². The van der Waals surface area contributed by atoms with Gasteiger partial charge in [-0.05, 0) is 41.1 Å². The molecule has 146 valence electrons. The lowest BCUT2D eigenvalue weighted by Crippen LogP contribution is -2.34. The largest absolute Gasteiger partial charge is 0.484 e. The Kier molecular flexibility index (Phi) is 5.38. The minimum absolute atomic E-state index is 0.104. The highest BCUT2D eigenvalue weighted by atomic mass is 16.5. The predicted molar refractivity (Wildman–Crippen MR) is 109 cm³/mol. The van der Waals surface area contributed by atoms with Gasteiger partial charge < -0.3 is 14.5 Å². The normalized spacial score (nSPS) is 10.8. The van der Waals surface area contributed by atoms with Crippen molar-refractivity contribution in [2.24, 2.45) is 0 Å². The zero-order chi connectivity index (χ0) is 20.1. The van der Waals surface area contributed by atoms with Gasteiger partial charge in [-0.3, -0.25) is 9.59 Å². The third kappa shape index (κ3) is 4.52. The summed E-state index contributed by atoms with van der Waals surface area (Å²) in [7, 11) is 0. The molecule has 29 heavy (non-hydrogen) atoms. The molecule has 0 aliphatic rings. The van der Waals surface area contributed by atoms with Gasteiger partial charge in [-0.25, -0.2) is 4.68 Å². The van der Waals surface area contributed by atoms with E-state index in [1.165, 1.54) is 10.7 Å². The number of aromatic nitrogens is 2. The van der Waals surface area contributed by atoms with Gasteiger partial charge in [0.25, 0.3) is 11.5 Å². The molecule has 0 bridgehead atoms.